The van der Waals surface area contributed by atoms with Crippen molar-refractivity contribution in [2.24, 2.45) is 0 Å². The number of carbonyl (C=O) groups excluding carboxylic acids is 2. The lowest BCUT2D eigenvalue weighted by Gasteiger charge is -2.26. The van der Waals surface area contributed by atoms with Crippen LogP contribution in [0.4, 0.5) is 18.9 Å². The Labute approximate surface area is 124 Å². The van der Waals surface area contributed by atoms with Crippen molar-refractivity contribution in [1.82, 2.24) is 0 Å². The first-order chi connectivity index (χ1) is 10.3. The Morgan fingerprint density at radius 1 is 1.05 bits per heavy atom. The molecule has 2 saturated heterocycles. The molecule has 0 aromatic heterocycles. The molecule has 2 radical (unpaired) electrons. The standard InChI is InChI=1S/C15H12F3NO3/c16-15(17,18)9-2-1-3-10(6-9)19-13(20)7-11-4-5-12(22-11)8-14(19)21/h1-3,6-8,11-12H,4-5H2. The molecule has 2 amide bonds. The first kappa shape index (κ1) is 15.0. The third-order valence-electron chi connectivity index (χ3n) is 3.61. The van der Waals surface area contributed by atoms with Crippen LogP contribution >= 0.6 is 0 Å². The monoisotopic (exact) mass is 311 g/mol. The van der Waals surface area contributed by atoms with Gasteiger partial charge in [-0.2, -0.15) is 13.2 Å². The fraction of sp³-hybridized carbons (Fsp3) is 0.333. The van der Waals surface area contributed by atoms with Crippen molar-refractivity contribution in [3.63, 3.8) is 0 Å². The Morgan fingerprint density at radius 3 is 2.18 bits per heavy atom. The average molecular weight is 311 g/mol. The quantitative estimate of drug-likeness (QED) is 0.749. The van der Waals surface area contributed by atoms with E-state index in [4.69, 9.17) is 4.74 Å². The molecule has 2 aliphatic rings. The highest BCUT2D eigenvalue weighted by molar-refractivity contribution is 6.20. The maximum absolute atomic E-state index is 12.8. The van der Waals surface area contributed by atoms with Crippen molar-refractivity contribution >= 4 is 17.5 Å². The summed E-state index contributed by atoms with van der Waals surface area (Å²) in [5.41, 5.74) is -1.01. The summed E-state index contributed by atoms with van der Waals surface area (Å²) in [6, 6.07) is 4.16. The Kier molecular flexibility index (Phi) is 3.68. The van der Waals surface area contributed by atoms with Crippen LogP contribution in [-0.2, 0) is 20.5 Å². The summed E-state index contributed by atoms with van der Waals surface area (Å²) >= 11 is 0. The number of hydrogen-bond acceptors (Lipinski definition) is 3. The van der Waals surface area contributed by atoms with E-state index in [2.05, 4.69) is 0 Å². The number of alkyl halides is 3. The molecule has 0 spiro atoms. The molecule has 2 bridgehead atoms. The van der Waals surface area contributed by atoms with E-state index < -0.39 is 35.8 Å². The van der Waals surface area contributed by atoms with Gasteiger partial charge in [-0.3, -0.25) is 9.59 Å². The van der Waals surface area contributed by atoms with Gasteiger partial charge in [-0.15, -0.1) is 0 Å². The molecule has 22 heavy (non-hydrogen) atoms. The minimum Gasteiger partial charge on any atom is -0.373 e. The summed E-state index contributed by atoms with van der Waals surface area (Å²) in [4.78, 5) is 25.1. The largest absolute Gasteiger partial charge is 0.416 e. The van der Waals surface area contributed by atoms with Gasteiger partial charge in [0.25, 0.3) is 0 Å². The zero-order valence-corrected chi connectivity index (χ0v) is 11.3. The molecule has 2 unspecified atom stereocenters. The summed E-state index contributed by atoms with van der Waals surface area (Å²) in [6.45, 7) is 0. The molecular weight excluding hydrogens is 299 g/mol. The number of anilines is 1. The molecule has 4 nitrogen and oxygen atoms in total. The van der Waals surface area contributed by atoms with Crippen molar-refractivity contribution in [2.45, 2.75) is 31.2 Å². The summed E-state index contributed by atoms with van der Waals surface area (Å²) in [5.74, 6) is -1.35. The van der Waals surface area contributed by atoms with Crippen LogP contribution in [0.1, 0.15) is 18.4 Å². The number of amides is 2. The Balaban J connectivity index is 1.94. The highest BCUT2D eigenvalue weighted by Gasteiger charge is 2.38. The van der Waals surface area contributed by atoms with Gasteiger partial charge < -0.3 is 4.74 Å². The van der Waals surface area contributed by atoms with Crippen LogP contribution in [0.25, 0.3) is 0 Å². The van der Waals surface area contributed by atoms with Crippen molar-refractivity contribution in [2.75, 3.05) is 4.90 Å². The first-order valence-electron chi connectivity index (χ1n) is 6.75. The first-order valence-corrected chi connectivity index (χ1v) is 6.75. The molecule has 2 heterocycles. The number of hydrogen-bond donors (Lipinski definition) is 0. The molecule has 2 fully saturated rings. The lowest BCUT2D eigenvalue weighted by atomic mass is 10.1. The van der Waals surface area contributed by atoms with E-state index in [0.717, 1.165) is 17.0 Å². The zero-order chi connectivity index (χ0) is 15.9. The molecule has 3 rings (SSSR count). The number of carbonyl (C=O) groups is 2. The molecule has 7 heteroatoms. The predicted octanol–water partition coefficient (Wildman–Crippen LogP) is 2.53. The van der Waals surface area contributed by atoms with Gasteiger partial charge in [-0.05, 0) is 31.0 Å². The van der Waals surface area contributed by atoms with Gasteiger partial charge in [0.15, 0.2) is 0 Å². The second kappa shape index (κ2) is 5.39. The van der Waals surface area contributed by atoms with E-state index in [0.29, 0.717) is 12.8 Å². The number of fused-ring (bicyclic) bond motifs is 2. The predicted molar refractivity (Wildman–Crippen MR) is 70.4 cm³/mol. The minimum absolute atomic E-state index is 0.0985. The number of benzene rings is 1. The Bertz CT molecular complexity index is 590. The average Bonchev–Trinajstić information content (AvgIpc) is 2.85. The van der Waals surface area contributed by atoms with Crippen molar-refractivity contribution in [1.29, 1.82) is 0 Å². The van der Waals surface area contributed by atoms with Crippen molar-refractivity contribution < 1.29 is 27.5 Å². The van der Waals surface area contributed by atoms with Crippen LogP contribution in [0, 0.1) is 12.8 Å². The van der Waals surface area contributed by atoms with E-state index in [9.17, 15) is 22.8 Å². The number of rotatable bonds is 1. The number of imide groups is 1. The van der Waals surface area contributed by atoms with Crippen LogP contribution in [0.3, 0.4) is 0 Å². The van der Waals surface area contributed by atoms with Gasteiger partial charge in [0.2, 0.25) is 11.8 Å². The molecule has 1 aromatic carbocycles. The van der Waals surface area contributed by atoms with Gasteiger partial charge >= 0.3 is 6.18 Å². The molecule has 116 valence electrons. The molecule has 0 aliphatic carbocycles. The van der Waals surface area contributed by atoms with Crippen LogP contribution in [0.5, 0.6) is 0 Å². The van der Waals surface area contributed by atoms with E-state index in [1.54, 1.807) is 0 Å². The van der Waals surface area contributed by atoms with Gasteiger partial charge in [0, 0.05) is 0 Å². The molecule has 0 saturated carbocycles. The van der Waals surface area contributed by atoms with Crippen molar-refractivity contribution in [3.05, 3.63) is 42.7 Å². The van der Waals surface area contributed by atoms with E-state index >= 15 is 0 Å². The molecule has 2 aliphatic heterocycles. The molecular formula is C15H12F3NO3. The smallest absolute Gasteiger partial charge is 0.373 e. The second-order valence-corrected chi connectivity index (χ2v) is 5.18. The topological polar surface area (TPSA) is 46.6 Å². The van der Waals surface area contributed by atoms with Gasteiger partial charge in [-0.25, -0.2) is 4.90 Å². The lowest BCUT2D eigenvalue weighted by molar-refractivity contribution is -0.137. The zero-order valence-electron chi connectivity index (χ0n) is 11.3. The maximum Gasteiger partial charge on any atom is 0.416 e. The molecule has 1 aromatic rings. The van der Waals surface area contributed by atoms with Gasteiger partial charge in [0.05, 0.1) is 36.3 Å². The fourth-order valence-corrected chi connectivity index (χ4v) is 2.59. The maximum atomic E-state index is 12.8. The highest BCUT2D eigenvalue weighted by atomic mass is 19.4. The van der Waals surface area contributed by atoms with E-state index in [1.165, 1.54) is 25.0 Å². The lowest BCUT2D eigenvalue weighted by Crippen LogP contribution is -2.42. The minimum atomic E-state index is -4.54. The third-order valence-corrected chi connectivity index (χ3v) is 3.61. The normalized spacial score (nSPS) is 26.0. The van der Waals surface area contributed by atoms with E-state index in [1.807, 2.05) is 0 Å². The highest BCUT2D eigenvalue weighted by Crippen LogP contribution is 2.33. The summed E-state index contributed by atoms with van der Waals surface area (Å²) < 4.78 is 43.8. The summed E-state index contributed by atoms with van der Waals surface area (Å²) in [6.07, 6.45) is -1.66. The summed E-state index contributed by atoms with van der Waals surface area (Å²) in [5, 5.41) is 0. The number of nitrogens with zero attached hydrogens (tertiary/aromatic N) is 1. The van der Waals surface area contributed by atoms with Crippen LogP contribution < -0.4 is 4.90 Å². The second-order valence-electron chi connectivity index (χ2n) is 5.18. The summed E-state index contributed by atoms with van der Waals surface area (Å²) in [7, 11) is 0. The van der Waals surface area contributed by atoms with Crippen molar-refractivity contribution in [3.8, 4) is 0 Å². The van der Waals surface area contributed by atoms with Gasteiger partial charge in [-0.1, -0.05) is 6.07 Å². The molecule has 0 N–H and O–H groups in total. The Hall–Kier alpha value is -1.89. The van der Waals surface area contributed by atoms with Gasteiger partial charge in [0.1, 0.15) is 0 Å². The van der Waals surface area contributed by atoms with E-state index in [-0.39, 0.29) is 5.69 Å². The van der Waals surface area contributed by atoms with Crippen LogP contribution in [0.2, 0.25) is 0 Å². The third kappa shape index (κ3) is 2.85. The number of halogens is 3. The molecule has 2 atom stereocenters. The number of ether oxygens (including phenoxy) is 1. The van der Waals surface area contributed by atoms with Crippen LogP contribution in [0.15, 0.2) is 24.3 Å². The SMILES string of the molecule is O=C1[CH]C2CCC([CH]C(=O)N1c1cccc(C(F)(F)F)c1)O2. The Morgan fingerprint density at radius 2 is 1.64 bits per heavy atom. The van der Waals surface area contributed by atoms with Crippen LogP contribution in [-0.4, -0.2) is 24.0 Å². The fourth-order valence-electron chi connectivity index (χ4n) is 2.59.